The van der Waals surface area contributed by atoms with Gasteiger partial charge in [0.05, 0.1) is 5.60 Å². The van der Waals surface area contributed by atoms with E-state index in [1.54, 1.807) is 0 Å². The van der Waals surface area contributed by atoms with E-state index in [0.717, 1.165) is 31.4 Å². The average molecular weight is 275 g/mol. The number of nitrogens with zero attached hydrogens (tertiary/aromatic N) is 1. The Morgan fingerprint density at radius 1 is 1.25 bits per heavy atom. The molecule has 1 aliphatic rings. The summed E-state index contributed by atoms with van der Waals surface area (Å²) < 4.78 is 0. The first-order valence-corrected chi connectivity index (χ1v) is 8.08. The molecule has 20 heavy (non-hydrogen) atoms. The molecule has 2 rings (SSSR count). The van der Waals surface area contributed by atoms with Crippen molar-refractivity contribution in [2.24, 2.45) is 11.8 Å². The highest BCUT2D eigenvalue weighted by atomic mass is 16.3. The van der Waals surface area contributed by atoms with Gasteiger partial charge in [-0.15, -0.1) is 0 Å². The molecular formula is C18H29NO. The Bertz CT molecular complexity index is 429. The van der Waals surface area contributed by atoms with Crippen molar-refractivity contribution in [2.75, 3.05) is 0 Å². The maximum Gasteiger partial charge on any atom is 0.0736 e. The van der Waals surface area contributed by atoms with Gasteiger partial charge < -0.3 is 5.11 Å². The third-order valence-corrected chi connectivity index (χ3v) is 4.37. The van der Waals surface area contributed by atoms with E-state index in [1.165, 1.54) is 12.0 Å². The van der Waals surface area contributed by atoms with Crippen LogP contribution in [0.1, 0.15) is 70.6 Å². The van der Waals surface area contributed by atoms with Gasteiger partial charge in [-0.1, -0.05) is 33.8 Å². The largest absolute Gasteiger partial charge is 0.389 e. The Hall–Kier alpha value is -0.890. The van der Waals surface area contributed by atoms with E-state index in [2.05, 4.69) is 38.7 Å². The lowest BCUT2D eigenvalue weighted by atomic mass is 9.69. The van der Waals surface area contributed by atoms with Gasteiger partial charge in [0.25, 0.3) is 0 Å². The van der Waals surface area contributed by atoms with Gasteiger partial charge in [-0.3, -0.25) is 4.98 Å². The summed E-state index contributed by atoms with van der Waals surface area (Å²) >= 11 is 0. The van der Waals surface area contributed by atoms with Crippen LogP contribution >= 0.6 is 0 Å². The maximum atomic E-state index is 11.4. The van der Waals surface area contributed by atoms with Crippen LogP contribution in [0.5, 0.6) is 0 Å². The lowest BCUT2D eigenvalue weighted by Gasteiger charge is -2.41. The van der Waals surface area contributed by atoms with Gasteiger partial charge in [0.2, 0.25) is 0 Å². The second-order valence-corrected chi connectivity index (χ2v) is 7.29. The maximum absolute atomic E-state index is 11.4. The number of aryl methyl sites for hydroxylation is 1. The zero-order chi connectivity index (χ0) is 14.8. The van der Waals surface area contributed by atoms with E-state index < -0.39 is 5.60 Å². The Kier molecular flexibility index (Phi) is 4.85. The second kappa shape index (κ2) is 6.26. The number of pyridine rings is 1. The molecular weight excluding hydrogens is 246 g/mol. The van der Waals surface area contributed by atoms with Gasteiger partial charge in [0.1, 0.15) is 0 Å². The van der Waals surface area contributed by atoms with Gasteiger partial charge in [0, 0.05) is 17.8 Å². The summed E-state index contributed by atoms with van der Waals surface area (Å²) in [5, 5.41) is 11.4. The quantitative estimate of drug-likeness (QED) is 0.868. The third kappa shape index (κ3) is 3.41. The molecule has 0 fully saturated rings. The minimum absolute atomic E-state index is 0.206. The number of aliphatic hydroxyl groups is 1. The van der Waals surface area contributed by atoms with Crippen molar-refractivity contribution < 1.29 is 5.11 Å². The van der Waals surface area contributed by atoms with E-state index in [1.807, 2.05) is 12.3 Å². The van der Waals surface area contributed by atoms with Crippen molar-refractivity contribution in [1.29, 1.82) is 0 Å². The molecule has 1 aliphatic carbocycles. The van der Waals surface area contributed by atoms with Crippen LogP contribution in [0.25, 0.3) is 0 Å². The Morgan fingerprint density at radius 2 is 1.90 bits per heavy atom. The first-order chi connectivity index (χ1) is 9.42. The number of aromatic nitrogens is 1. The molecule has 0 bridgehead atoms. The van der Waals surface area contributed by atoms with Crippen molar-refractivity contribution in [2.45, 2.75) is 71.3 Å². The van der Waals surface area contributed by atoms with Gasteiger partial charge in [0.15, 0.2) is 0 Å². The molecule has 1 N–H and O–H groups in total. The van der Waals surface area contributed by atoms with Crippen LogP contribution in [0, 0.1) is 11.8 Å². The monoisotopic (exact) mass is 275 g/mol. The molecule has 2 heteroatoms. The van der Waals surface area contributed by atoms with Crippen LogP contribution in [0.4, 0.5) is 0 Å². The van der Waals surface area contributed by atoms with E-state index in [9.17, 15) is 5.11 Å². The summed E-state index contributed by atoms with van der Waals surface area (Å²) in [7, 11) is 0. The summed E-state index contributed by atoms with van der Waals surface area (Å²) in [5.74, 6) is 1.22. The smallest absolute Gasteiger partial charge is 0.0736 e. The molecule has 112 valence electrons. The zero-order valence-corrected chi connectivity index (χ0v) is 13.4. The fraction of sp³-hybridized carbons (Fsp3) is 0.722. The first-order valence-electron chi connectivity index (χ1n) is 8.08. The van der Waals surface area contributed by atoms with E-state index in [4.69, 9.17) is 0 Å². The highest BCUT2D eigenvalue weighted by Crippen LogP contribution is 2.43. The first kappa shape index (κ1) is 15.5. The van der Waals surface area contributed by atoms with Crippen LogP contribution in [-0.4, -0.2) is 15.7 Å². The molecule has 0 aromatic carbocycles. The number of hydrogen-bond donors (Lipinski definition) is 1. The Labute approximate surface area is 123 Å². The molecule has 2 nitrogen and oxygen atoms in total. The molecule has 1 atom stereocenters. The normalized spacial score (nSPS) is 19.4. The molecule has 0 saturated carbocycles. The second-order valence-electron chi connectivity index (χ2n) is 7.29. The summed E-state index contributed by atoms with van der Waals surface area (Å²) in [5.41, 5.74) is 1.89. The molecule has 0 spiro atoms. The topological polar surface area (TPSA) is 33.1 Å². The number of fused-ring (bicyclic) bond motifs is 1. The minimum atomic E-state index is -0.605. The number of hydrogen-bond acceptors (Lipinski definition) is 2. The van der Waals surface area contributed by atoms with Crippen LogP contribution in [0.3, 0.4) is 0 Å². The summed E-state index contributed by atoms with van der Waals surface area (Å²) in [4.78, 5) is 4.62. The van der Waals surface area contributed by atoms with Crippen molar-refractivity contribution in [1.82, 2.24) is 4.98 Å². The van der Waals surface area contributed by atoms with Crippen LogP contribution < -0.4 is 0 Å². The molecule has 0 saturated heterocycles. The molecule has 1 heterocycles. The lowest BCUT2D eigenvalue weighted by molar-refractivity contribution is -0.0308. The van der Waals surface area contributed by atoms with Crippen LogP contribution in [0.15, 0.2) is 18.3 Å². The third-order valence-electron chi connectivity index (χ3n) is 4.37. The Balaban J connectivity index is 2.34. The van der Waals surface area contributed by atoms with Crippen molar-refractivity contribution >= 4 is 0 Å². The van der Waals surface area contributed by atoms with Crippen molar-refractivity contribution in [3.05, 3.63) is 29.6 Å². The van der Waals surface area contributed by atoms with Gasteiger partial charge >= 0.3 is 0 Å². The molecule has 1 aromatic rings. The molecule has 1 aromatic heterocycles. The van der Waals surface area contributed by atoms with Gasteiger partial charge in [-0.05, 0) is 55.6 Å². The SMILES string of the molecule is CC(C)CC(O)(CC(C)C)C1CCCc2cccnc21. The minimum Gasteiger partial charge on any atom is -0.389 e. The highest BCUT2D eigenvalue weighted by Gasteiger charge is 2.41. The van der Waals surface area contributed by atoms with Crippen molar-refractivity contribution in [3.8, 4) is 0 Å². The van der Waals surface area contributed by atoms with E-state index in [0.29, 0.717) is 11.8 Å². The summed E-state index contributed by atoms with van der Waals surface area (Å²) in [6, 6.07) is 4.20. The summed E-state index contributed by atoms with van der Waals surface area (Å²) in [6.07, 6.45) is 6.96. The summed E-state index contributed by atoms with van der Waals surface area (Å²) in [6.45, 7) is 8.81. The van der Waals surface area contributed by atoms with Crippen LogP contribution in [0.2, 0.25) is 0 Å². The standard InChI is InChI=1S/C18H29NO/c1-13(2)11-18(20,12-14(3)4)16-9-5-7-15-8-6-10-19-17(15)16/h6,8,10,13-14,16,20H,5,7,9,11-12H2,1-4H3. The predicted molar refractivity (Wildman–Crippen MR) is 83.8 cm³/mol. The fourth-order valence-corrected chi connectivity index (χ4v) is 3.91. The molecule has 0 aliphatic heterocycles. The van der Waals surface area contributed by atoms with E-state index in [-0.39, 0.29) is 5.92 Å². The molecule has 0 radical (unpaired) electrons. The fourth-order valence-electron chi connectivity index (χ4n) is 3.91. The van der Waals surface area contributed by atoms with Crippen molar-refractivity contribution in [3.63, 3.8) is 0 Å². The predicted octanol–water partition coefficient (Wildman–Crippen LogP) is 4.32. The zero-order valence-electron chi connectivity index (χ0n) is 13.4. The number of rotatable bonds is 5. The highest BCUT2D eigenvalue weighted by molar-refractivity contribution is 5.28. The molecule has 1 unspecified atom stereocenters. The van der Waals surface area contributed by atoms with Gasteiger partial charge in [-0.2, -0.15) is 0 Å². The van der Waals surface area contributed by atoms with Gasteiger partial charge in [-0.25, -0.2) is 0 Å². The molecule has 0 amide bonds. The lowest BCUT2D eigenvalue weighted by Crippen LogP contribution is -2.41. The van der Waals surface area contributed by atoms with Crippen LogP contribution in [-0.2, 0) is 6.42 Å². The Morgan fingerprint density at radius 3 is 2.50 bits per heavy atom. The van der Waals surface area contributed by atoms with E-state index >= 15 is 0 Å². The average Bonchev–Trinajstić information content (AvgIpc) is 2.36.